The molecular weight excluding hydrogens is 249 g/mol. The van der Waals surface area contributed by atoms with Gasteiger partial charge in [0.25, 0.3) is 12.3 Å². The van der Waals surface area contributed by atoms with Crippen LogP contribution in [0.4, 0.5) is 18.9 Å². The lowest BCUT2D eigenvalue weighted by atomic mass is 10.1. The fraction of sp³-hybridized carbons (Fsp3) is 0.364. The Morgan fingerprint density at radius 3 is 2.83 bits per heavy atom. The van der Waals surface area contributed by atoms with Crippen LogP contribution in [-0.2, 0) is 4.74 Å². The van der Waals surface area contributed by atoms with Crippen molar-refractivity contribution in [2.24, 2.45) is 0 Å². The van der Waals surface area contributed by atoms with E-state index in [0.717, 1.165) is 12.1 Å². The molecule has 1 aromatic rings. The summed E-state index contributed by atoms with van der Waals surface area (Å²) in [7, 11) is 0. The minimum atomic E-state index is -2.54. The van der Waals surface area contributed by atoms with Gasteiger partial charge in [0.05, 0.1) is 12.2 Å². The van der Waals surface area contributed by atoms with Gasteiger partial charge in [0.1, 0.15) is 12.4 Å². The van der Waals surface area contributed by atoms with Gasteiger partial charge in [-0.05, 0) is 18.2 Å². The van der Waals surface area contributed by atoms with Crippen LogP contribution >= 0.6 is 0 Å². The van der Waals surface area contributed by atoms with E-state index in [2.05, 4.69) is 10.1 Å². The number of alkyl halides is 2. The quantitative estimate of drug-likeness (QED) is 0.602. The number of amides is 1. The summed E-state index contributed by atoms with van der Waals surface area (Å²) >= 11 is 0. The van der Waals surface area contributed by atoms with Crippen LogP contribution < -0.4 is 11.1 Å². The Morgan fingerprint density at radius 2 is 2.17 bits per heavy atom. The number of hydrogen-bond acceptors (Lipinski definition) is 3. The van der Waals surface area contributed by atoms with Gasteiger partial charge >= 0.3 is 0 Å². The van der Waals surface area contributed by atoms with Crippen molar-refractivity contribution in [1.29, 1.82) is 0 Å². The number of ether oxygens (including phenoxy) is 1. The lowest BCUT2D eigenvalue weighted by Crippen LogP contribution is -2.28. The molecule has 0 fully saturated rings. The Labute approximate surface area is 102 Å². The number of carbonyl (C=O) groups is 1. The van der Waals surface area contributed by atoms with E-state index in [1.54, 1.807) is 0 Å². The lowest BCUT2D eigenvalue weighted by Gasteiger charge is -2.08. The van der Waals surface area contributed by atoms with Crippen LogP contribution in [0.25, 0.3) is 0 Å². The maximum Gasteiger partial charge on any atom is 0.261 e. The molecule has 0 atom stereocenters. The maximum absolute atomic E-state index is 12.9. The van der Waals surface area contributed by atoms with E-state index in [0.29, 0.717) is 0 Å². The molecule has 100 valence electrons. The van der Waals surface area contributed by atoms with Crippen LogP contribution in [0.3, 0.4) is 0 Å². The predicted molar refractivity (Wildman–Crippen MR) is 60.0 cm³/mol. The van der Waals surface area contributed by atoms with Crippen molar-refractivity contribution in [3.8, 4) is 0 Å². The first-order chi connectivity index (χ1) is 8.50. The third-order valence-corrected chi connectivity index (χ3v) is 2.04. The number of nitrogens with two attached hydrogens (primary N) is 1. The number of carbonyl (C=O) groups excluding carboxylic acids is 1. The Bertz CT molecular complexity index is 413. The van der Waals surface area contributed by atoms with Gasteiger partial charge in [-0.3, -0.25) is 4.79 Å². The number of benzene rings is 1. The van der Waals surface area contributed by atoms with Crippen LogP contribution in [0.2, 0.25) is 0 Å². The van der Waals surface area contributed by atoms with E-state index in [1.165, 1.54) is 6.07 Å². The zero-order valence-corrected chi connectivity index (χ0v) is 9.46. The summed E-state index contributed by atoms with van der Waals surface area (Å²) in [6.45, 7) is -0.690. The summed E-state index contributed by atoms with van der Waals surface area (Å²) in [4.78, 5) is 11.6. The highest BCUT2D eigenvalue weighted by Crippen LogP contribution is 2.12. The zero-order valence-electron chi connectivity index (χ0n) is 9.46. The Morgan fingerprint density at radius 1 is 1.44 bits per heavy atom. The van der Waals surface area contributed by atoms with Gasteiger partial charge in [0, 0.05) is 12.2 Å². The average molecular weight is 262 g/mol. The van der Waals surface area contributed by atoms with Gasteiger partial charge in [-0.25, -0.2) is 13.2 Å². The molecule has 7 heteroatoms. The second-order valence-corrected chi connectivity index (χ2v) is 3.45. The minimum Gasteiger partial charge on any atom is -0.398 e. The van der Waals surface area contributed by atoms with E-state index in [4.69, 9.17) is 5.73 Å². The van der Waals surface area contributed by atoms with Crippen LogP contribution in [0.15, 0.2) is 18.2 Å². The van der Waals surface area contributed by atoms with Crippen molar-refractivity contribution in [3.63, 3.8) is 0 Å². The molecule has 1 amide bonds. The SMILES string of the molecule is Nc1ccc(F)cc1C(=O)NCCOCC(F)F. The molecule has 0 heterocycles. The largest absolute Gasteiger partial charge is 0.398 e. The molecule has 0 saturated heterocycles. The summed E-state index contributed by atoms with van der Waals surface area (Å²) in [5, 5.41) is 2.39. The molecule has 0 aliphatic rings. The number of halogens is 3. The van der Waals surface area contributed by atoms with Gasteiger partial charge in [-0.2, -0.15) is 0 Å². The maximum atomic E-state index is 12.9. The van der Waals surface area contributed by atoms with Crippen LogP contribution in [-0.4, -0.2) is 32.1 Å². The van der Waals surface area contributed by atoms with Crippen LogP contribution in [0.5, 0.6) is 0 Å². The molecule has 0 bridgehead atoms. The molecule has 0 unspecified atom stereocenters. The molecule has 1 rings (SSSR count). The Balaban J connectivity index is 2.39. The van der Waals surface area contributed by atoms with Gasteiger partial charge in [0.2, 0.25) is 0 Å². The fourth-order valence-corrected chi connectivity index (χ4v) is 1.23. The molecule has 0 aromatic heterocycles. The zero-order chi connectivity index (χ0) is 13.5. The van der Waals surface area contributed by atoms with Crippen LogP contribution in [0, 0.1) is 5.82 Å². The van der Waals surface area contributed by atoms with E-state index in [1.807, 2.05) is 0 Å². The second kappa shape index (κ2) is 6.85. The molecule has 4 nitrogen and oxygen atoms in total. The van der Waals surface area contributed by atoms with Crippen molar-refractivity contribution in [2.45, 2.75) is 6.43 Å². The van der Waals surface area contributed by atoms with Crippen LogP contribution in [0.1, 0.15) is 10.4 Å². The number of rotatable bonds is 6. The van der Waals surface area contributed by atoms with E-state index in [9.17, 15) is 18.0 Å². The fourth-order valence-electron chi connectivity index (χ4n) is 1.23. The Kier molecular flexibility index (Phi) is 5.44. The molecule has 0 aliphatic heterocycles. The number of nitrogens with one attached hydrogen (secondary N) is 1. The Hall–Kier alpha value is -1.76. The third-order valence-electron chi connectivity index (χ3n) is 2.04. The molecule has 0 saturated carbocycles. The highest BCUT2D eigenvalue weighted by Gasteiger charge is 2.10. The van der Waals surface area contributed by atoms with Crippen molar-refractivity contribution in [1.82, 2.24) is 5.32 Å². The molecule has 0 spiro atoms. The normalized spacial score (nSPS) is 10.7. The van der Waals surface area contributed by atoms with Crippen molar-refractivity contribution < 1.29 is 22.7 Å². The minimum absolute atomic E-state index is 0.00357. The molecule has 18 heavy (non-hydrogen) atoms. The summed E-state index contributed by atoms with van der Waals surface area (Å²) < 4.78 is 40.9. The predicted octanol–water partition coefficient (Wildman–Crippen LogP) is 1.42. The summed E-state index contributed by atoms with van der Waals surface area (Å²) in [6.07, 6.45) is -2.54. The first kappa shape index (κ1) is 14.3. The second-order valence-electron chi connectivity index (χ2n) is 3.45. The highest BCUT2D eigenvalue weighted by molar-refractivity contribution is 5.99. The average Bonchev–Trinajstić information content (AvgIpc) is 2.31. The van der Waals surface area contributed by atoms with Crippen molar-refractivity contribution in [2.75, 3.05) is 25.5 Å². The number of hydrogen-bond donors (Lipinski definition) is 2. The van der Waals surface area contributed by atoms with Gasteiger partial charge in [0.15, 0.2) is 0 Å². The lowest BCUT2D eigenvalue weighted by molar-refractivity contribution is 0.0188. The monoisotopic (exact) mass is 262 g/mol. The molecule has 0 aliphatic carbocycles. The topological polar surface area (TPSA) is 64.4 Å². The third kappa shape index (κ3) is 4.62. The standard InChI is InChI=1S/C11H13F3N2O2/c12-7-1-2-9(15)8(5-7)11(17)16-3-4-18-6-10(13)14/h1-2,5,10H,3-4,6,15H2,(H,16,17). The van der Waals surface area contributed by atoms with Gasteiger partial charge in [-0.1, -0.05) is 0 Å². The molecule has 0 radical (unpaired) electrons. The summed E-state index contributed by atoms with van der Waals surface area (Å²) in [5.74, 6) is -1.16. The first-order valence-electron chi connectivity index (χ1n) is 5.20. The van der Waals surface area contributed by atoms with Gasteiger partial charge < -0.3 is 15.8 Å². The first-order valence-corrected chi connectivity index (χ1v) is 5.20. The number of nitrogen functional groups attached to an aromatic ring is 1. The highest BCUT2D eigenvalue weighted by atomic mass is 19.3. The summed E-state index contributed by atoms with van der Waals surface area (Å²) in [5.41, 5.74) is 5.65. The number of anilines is 1. The molecule has 1 aromatic carbocycles. The molecular formula is C11H13F3N2O2. The smallest absolute Gasteiger partial charge is 0.261 e. The van der Waals surface area contributed by atoms with E-state index in [-0.39, 0.29) is 24.4 Å². The summed E-state index contributed by atoms with van der Waals surface area (Å²) in [6, 6.07) is 3.42. The van der Waals surface area contributed by atoms with Gasteiger partial charge in [-0.15, -0.1) is 0 Å². The molecule has 3 N–H and O–H groups in total. The van der Waals surface area contributed by atoms with E-state index >= 15 is 0 Å². The van der Waals surface area contributed by atoms with E-state index < -0.39 is 24.8 Å². The van der Waals surface area contributed by atoms with Crippen molar-refractivity contribution >= 4 is 11.6 Å². The van der Waals surface area contributed by atoms with Crippen molar-refractivity contribution in [3.05, 3.63) is 29.6 Å².